The van der Waals surface area contributed by atoms with Crippen molar-refractivity contribution in [2.45, 2.75) is 26.7 Å². The van der Waals surface area contributed by atoms with Crippen molar-refractivity contribution < 1.29 is 9.90 Å². The number of pyridine rings is 1. The minimum atomic E-state index is -0.923. The molecule has 1 fully saturated rings. The third-order valence-electron chi connectivity index (χ3n) is 4.04. The zero-order valence-corrected chi connectivity index (χ0v) is 12.2. The van der Waals surface area contributed by atoms with Crippen molar-refractivity contribution in [3.63, 3.8) is 0 Å². The van der Waals surface area contributed by atoms with E-state index in [1.54, 1.807) is 19.1 Å². The molecule has 0 bridgehead atoms. The van der Waals surface area contributed by atoms with Crippen molar-refractivity contribution in [3.8, 4) is 0 Å². The van der Waals surface area contributed by atoms with Gasteiger partial charge in [-0.1, -0.05) is 6.92 Å². The molecule has 0 unspecified atom stereocenters. The van der Waals surface area contributed by atoms with Crippen LogP contribution in [0.5, 0.6) is 0 Å². The molecule has 1 aromatic rings. The van der Waals surface area contributed by atoms with E-state index in [0.29, 0.717) is 11.6 Å². The van der Waals surface area contributed by atoms with Crippen LogP contribution in [-0.2, 0) is 0 Å². The Bertz CT molecular complexity index is 468. The summed E-state index contributed by atoms with van der Waals surface area (Å²) in [5, 5.41) is 12.3. The van der Waals surface area contributed by atoms with Crippen LogP contribution in [0.1, 0.15) is 35.8 Å². The van der Waals surface area contributed by atoms with Gasteiger partial charge in [-0.2, -0.15) is 0 Å². The summed E-state index contributed by atoms with van der Waals surface area (Å²) < 4.78 is 0. The molecule has 1 aliphatic rings. The van der Waals surface area contributed by atoms with Crippen LogP contribution in [0.15, 0.2) is 12.1 Å². The predicted octanol–water partition coefficient (Wildman–Crippen LogP) is 2.23. The maximum Gasteiger partial charge on any atom is 0.337 e. The molecule has 5 nitrogen and oxygen atoms in total. The van der Waals surface area contributed by atoms with E-state index in [1.807, 2.05) is 0 Å². The lowest BCUT2D eigenvalue weighted by Gasteiger charge is -2.31. The Kier molecular flexibility index (Phi) is 4.95. The fraction of sp³-hybridized carbons (Fsp3) is 0.600. The number of rotatable bonds is 5. The molecule has 0 aliphatic carbocycles. The Hall–Kier alpha value is -1.62. The summed E-state index contributed by atoms with van der Waals surface area (Å²) >= 11 is 0. The standard InChI is InChI=1S/C15H23N3O2/c1-3-18-8-6-12(7-9-18)10-16-14-5-4-13(15(19)20)11(2)17-14/h4-5,12H,3,6-10H2,1-2H3,(H,16,17)(H,19,20). The van der Waals surface area contributed by atoms with E-state index in [0.717, 1.165) is 18.9 Å². The van der Waals surface area contributed by atoms with Gasteiger partial charge >= 0.3 is 5.97 Å². The quantitative estimate of drug-likeness (QED) is 0.864. The molecule has 2 heterocycles. The van der Waals surface area contributed by atoms with Crippen molar-refractivity contribution >= 4 is 11.8 Å². The lowest BCUT2D eigenvalue weighted by Crippen LogP contribution is -2.35. The highest BCUT2D eigenvalue weighted by Crippen LogP contribution is 2.18. The molecule has 1 aliphatic heterocycles. The summed E-state index contributed by atoms with van der Waals surface area (Å²) in [6.07, 6.45) is 2.43. The van der Waals surface area contributed by atoms with Gasteiger partial charge in [-0.15, -0.1) is 0 Å². The van der Waals surface area contributed by atoms with E-state index in [9.17, 15) is 4.79 Å². The van der Waals surface area contributed by atoms with Crippen molar-refractivity contribution in [3.05, 3.63) is 23.4 Å². The topological polar surface area (TPSA) is 65.5 Å². The summed E-state index contributed by atoms with van der Waals surface area (Å²) in [4.78, 5) is 17.7. The van der Waals surface area contributed by atoms with Gasteiger partial charge in [-0.25, -0.2) is 9.78 Å². The first-order valence-electron chi connectivity index (χ1n) is 7.27. The Morgan fingerprint density at radius 2 is 2.15 bits per heavy atom. The van der Waals surface area contributed by atoms with Gasteiger partial charge in [0.05, 0.1) is 11.3 Å². The minimum Gasteiger partial charge on any atom is -0.478 e. The number of anilines is 1. The highest BCUT2D eigenvalue weighted by Gasteiger charge is 2.18. The fourth-order valence-corrected chi connectivity index (χ4v) is 2.64. The van der Waals surface area contributed by atoms with Gasteiger partial charge in [-0.05, 0) is 57.5 Å². The first kappa shape index (κ1) is 14.8. The van der Waals surface area contributed by atoms with E-state index in [2.05, 4.69) is 22.1 Å². The summed E-state index contributed by atoms with van der Waals surface area (Å²) in [6, 6.07) is 3.37. The van der Waals surface area contributed by atoms with Gasteiger partial charge in [-0.3, -0.25) is 0 Å². The molecule has 2 N–H and O–H groups in total. The molecule has 20 heavy (non-hydrogen) atoms. The Labute approximate surface area is 120 Å². The number of carboxylic acids is 1. The number of nitrogens with zero attached hydrogens (tertiary/aromatic N) is 2. The number of carbonyl (C=O) groups is 1. The summed E-state index contributed by atoms with van der Waals surface area (Å²) in [5.74, 6) is 0.526. The molecule has 0 atom stereocenters. The third-order valence-corrected chi connectivity index (χ3v) is 4.04. The molecule has 0 saturated carbocycles. The number of aromatic carboxylic acids is 1. The van der Waals surface area contributed by atoms with Crippen LogP contribution < -0.4 is 5.32 Å². The number of aryl methyl sites for hydroxylation is 1. The number of carboxylic acid groups (broad SMARTS) is 1. The number of likely N-dealkylation sites (tertiary alicyclic amines) is 1. The van der Waals surface area contributed by atoms with E-state index in [1.165, 1.54) is 25.9 Å². The molecule has 0 spiro atoms. The zero-order chi connectivity index (χ0) is 14.5. The molecule has 110 valence electrons. The monoisotopic (exact) mass is 277 g/mol. The fourth-order valence-electron chi connectivity index (χ4n) is 2.64. The molecule has 0 radical (unpaired) electrons. The predicted molar refractivity (Wildman–Crippen MR) is 79.3 cm³/mol. The van der Waals surface area contributed by atoms with E-state index < -0.39 is 5.97 Å². The van der Waals surface area contributed by atoms with Crippen LogP contribution in [0, 0.1) is 12.8 Å². The maximum atomic E-state index is 10.9. The summed E-state index contributed by atoms with van der Waals surface area (Å²) in [6.45, 7) is 8.33. The van der Waals surface area contributed by atoms with E-state index in [4.69, 9.17) is 5.11 Å². The molecular formula is C15H23N3O2. The van der Waals surface area contributed by atoms with Crippen LogP contribution in [0.2, 0.25) is 0 Å². The van der Waals surface area contributed by atoms with Crippen molar-refractivity contribution in [2.75, 3.05) is 31.5 Å². The minimum absolute atomic E-state index is 0.270. The van der Waals surface area contributed by atoms with Gasteiger partial charge in [0.1, 0.15) is 5.82 Å². The summed E-state index contributed by atoms with van der Waals surface area (Å²) in [7, 11) is 0. The van der Waals surface area contributed by atoms with Gasteiger partial charge in [0.2, 0.25) is 0 Å². The maximum absolute atomic E-state index is 10.9. The second-order valence-corrected chi connectivity index (χ2v) is 5.39. The van der Waals surface area contributed by atoms with Crippen LogP contribution in [0.4, 0.5) is 5.82 Å². The molecule has 2 rings (SSSR count). The lowest BCUT2D eigenvalue weighted by atomic mass is 9.97. The lowest BCUT2D eigenvalue weighted by molar-refractivity contribution is 0.0695. The first-order valence-corrected chi connectivity index (χ1v) is 7.27. The summed E-state index contributed by atoms with van der Waals surface area (Å²) in [5.41, 5.74) is 0.829. The Morgan fingerprint density at radius 1 is 1.45 bits per heavy atom. The van der Waals surface area contributed by atoms with Crippen LogP contribution in [0.3, 0.4) is 0 Å². The second kappa shape index (κ2) is 6.70. The molecule has 1 saturated heterocycles. The smallest absolute Gasteiger partial charge is 0.337 e. The zero-order valence-electron chi connectivity index (χ0n) is 12.2. The molecule has 1 aromatic heterocycles. The average molecular weight is 277 g/mol. The molecule has 0 amide bonds. The van der Waals surface area contributed by atoms with Crippen LogP contribution >= 0.6 is 0 Å². The van der Waals surface area contributed by atoms with E-state index >= 15 is 0 Å². The number of piperidine rings is 1. The second-order valence-electron chi connectivity index (χ2n) is 5.39. The van der Waals surface area contributed by atoms with E-state index in [-0.39, 0.29) is 5.56 Å². The average Bonchev–Trinajstić information content (AvgIpc) is 2.45. The normalized spacial score (nSPS) is 17.1. The number of aromatic nitrogens is 1. The van der Waals surface area contributed by atoms with Gasteiger partial charge < -0.3 is 15.3 Å². The van der Waals surface area contributed by atoms with Crippen molar-refractivity contribution in [1.82, 2.24) is 9.88 Å². The van der Waals surface area contributed by atoms with Gasteiger partial charge in [0, 0.05) is 6.54 Å². The van der Waals surface area contributed by atoms with Gasteiger partial charge in [0.25, 0.3) is 0 Å². The number of hydrogen-bond acceptors (Lipinski definition) is 4. The van der Waals surface area contributed by atoms with Gasteiger partial charge in [0.15, 0.2) is 0 Å². The largest absolute Gasteiger partial charge is 0.478 e. The molecule has 5 heteroatoms. The molecular weight excluding hydrogens is 254 g/mol. The first-order chi connectivity index (χ1) is 9.60. The van der Waals surface area contributed by atoms with Crippen LogP contribution in [0.25, 0.3) is 0 Å². The molecule has 0 aromatic carbocycles. The SMILES string of the molecule is CCN1CCC(CNc2ccc(C(=O)O)c(C)n2)CC1. The third kappa shape index (κ3) is 3.70. The van der Waals surface area contributed by atoms with Crippen molar-refractivity contribution in [2.24, 2.45) is 5.92 Å². The number of hydrogen-bond donors (Lipinski definition) is 2. The highest BCUT2D eigenvalue weighted by atomic mass is 16.4. The van der Waals surface area contributed by atoms with Crippen LogP contribution in [-0.4, -0.2) is 47.1 Å². The van der Waals surface area contributed by atoms with Crippen molar-refractivity contribution in [1.29, 1.82) is 0 Å². The number of nitrogens with one attached hydrogen (secondary N) is 1. The Balaban J connectivity index is 1.85. The Morgan fingerprint density at radius 3 is 2.70 bits per heavy atom. The highest BCUT2D eigenvalue weighted by molar-refractivity contribution is 5.89.